The molecule has 1 fully saturated rings. The smallest absolute Gasteiger partial charge is 0.254 e. The zero-order valence-electron chi connectivity index (χ0n) is 10.9. The van der Waals surface area contributed by atoms with Crippen molar-refractivity contribution < 1.29 is 18.4 Å². The highest BCUT2D eigenvalue weighted by Crippen LogP contribution is 2.24. The van der Waals surface area contributed by atoms with Crippen molar-refractivity contribution in [3.8, 4) is 0 Å². The molecule has 3 N–H and O–H groups in total. The highest BCUT2D eigenvalue weighted by atomic mass is 19.2. The van der Waals surface area contributed by atoms with E-state index in [0.29, 0.717) is 25.7 Å². The molecule has 6 heteroatoms. The van der Waals surface area contributed by atoms with Crippen LogP contribution in [0.15, 0.2) is 18.2 Å². The minimum absolute atomic E-state index is 0.138. The van der Waals surface area contributed by atoms with Gasteiger partial charge in [-0.3, -0.25) is 9.59 Å². The van der Waals surface area contributed by atoms with Crippen LogP contribution in [0.1, 0.15) is 36.0 Å². The van der Waals surface area contributed by atoms with Gasteiger partial charge in [0.15, 0.2) is 11.6 Å². The van der Waals surface area contributed by atoms with Gasteiger partial charge in [-0.1, -0.05) is 6.07 Å². The highest BCUT2D eigenvalue weighted by molar-refractivity contribution is 5.94. The third-order valence-corrected chi connectivity index (χ3v) is 3.66. The SMILES string of the molecule is NC(=O)C1CCC(NC(=O)c2cccc(F)c2F)CC1. The Labute approximate surface area is 115 Å². The largest absolute Gasteiger partial charge is 0.369 e. The van der Waals surface area contributed by atoms with Crippen molar-refractivity contribution in [2.45, 2.75) is 31.7 Å². The van der Waals surface area contributed by atoms with Gasteiger partial charge in [0.05, 0.1) is 5.56 Å². The molecule has 0 bridgehead atoms. The van der Waals surface area contributed by atoms with Gasteiger partial charge in [-0.25, -0.2) is 8.78 Å². The van der Waals surface area contributed by atoms with E-state index in [1.54, 1.807) is 0 Å². The van der Waals surface area contributed by atoms with Gasteiger partial charge in [-0.15, -0.1) is 0 Å². The van der Waals surface area contributed by atoms with E-state index in [4.69, 9.17) is 5.73 Å². The van der Waals surface area contributed by atoms with E-state index in [1.165, 1.54) is 12.1 Å². The molecule has 0 aromatic heterocycles. The second-order valence-electron chi connectivity index (χ2n) is 5.03. The summed E-state index contributed by atoms with van der Waals surface area (Å²) in [6.45, 7) is 0. The Morgan fingerprint density at radius 2 is 1.80 bits per heavy atom. The van der Waals surface area contributed by atoms with E-state index < -0.39 is 17.5 Å². The summed E-state index contributed by atoms with van der Waals surface area (Å²) in [5.41, 5.74) is 4.92. The molecule has 1 aliphatic carbocycles. The molecular weight excluding hydrogens is 266 g/mol. The maximum absolute atomic E-state index is 13.5. The standard InChI is InChI=1S/C14H16F2N2O2/c15-11-3-1-2-10(12(11)16)14(20)18-9-6-4-8(5-7-9)13(17)19/h1-3,8-9H,4-7H2,(H2,17,19)(H,18,20). The highest BCUT2D eigenvalue weighted by Gasteiger charge is 2.26. The van der Waals surface area contributed by atoms with Gasteiger partial charge in [-0.2, -0.15) is 0 Å². The molecule has 0 aliphatic heterocycles. The summed E-state index contributed by atoms with van der Waals surface area (Å²) in [5, 5.41) is 2.66. The second kappa shape index (κ2) is 5.98. The molecule has 0 radical (unpaired) electrons. The number of carbonyl (C=O) groups is 2. The van der Waals surface area contributed by atoms with Gasteiger partial charge < -0.3 is 11.1 Å². The van der Waals surface area contributed by atoms with Gasteiger partial charge in [0.25, 0.3) is 5.91 Å². The van der Waals surface area contributed by atoms with E-state index in [1.807, 2.05) is 0 Å². The summed E-state index contributed by atoms with van der Waals surface area (Å²) in [6, 6.07) is 3.35. The Bertz CT molecular complexity index is 526. The van der Waals surface area contributed by atoms with Crippen LogP contribution in [0.5, 0.6) is 0 Å². The van der Waals surface area contributed by atoms with Gasteiger partial charge in [0.1, 0.15) is 0 Å². The van der Waals surface area contributed by atoms with Crippen LogP contribution in [-0.2, 0) is 4.79 Å². The fraction of sp³-hybridized carbons (Fsp3) is 0.429. The number of halogens is 2. The van der Waals surface area contributed by atoms with Crippen molar-refractivity contribution in [3.63, 3.8) is 0 Å². The van der Waals surface area contributed by atoms with Crippen molar-refractivity contribution >= 4 is 11.8 Å². The molecule has 0 unspecified atom stereocenters. The minimum atomic E-state index is -1.14. The van der Waals surface area contributed by atoms with Crippen LogP contribution in [0.25, 0.3) is 0 Å². The van der Waals surface area contributed by atoms with Crippen molar-refractivity contribution in [2.24, 2.45) is 11.7 Å². The van der Waals surface area contributed by atoms with Crippen LogP contribution in [0.3, 0.4) is 0 Å². The van der Waals surface area contributed by atoms with Crippen molar-refractivity contribution in [2.75, 3.05) is 0 Å². The Morgan fingerprint density at radius 1 is 1.15 bits per heavy atom. The fourth-order valence-corrected chi connectivity index (χ4v) is 2.46. The first-order valence-corrected chi connectivity index (χ1v) is 6.53. The maximum atomic E-state index is 13.5. The molecule has 4 nitrogen and oxygen atoms in total. The van der Waals surface area contributed by atoms with E-state index in [0.717, 1.165) is 6.07 Å². The van der Waals surface area contributed by atoms with E-state index in [2.05, 4.69) is 5.32 Å². The number of rotatable bonds is 3. The first-order chi connectivity index (χ1) is 9.49. The lowest BCUT2D eigenvalue weighted by molar-refractivity contribution is -0.122. The molecular formula is C14H16F2N2O2. The molecule has 1 saturated carbocycles. The molecule has 2 amide bonds. The maximum Gasteiger partial charge on any atom is 0.254 e. The van der Waals surface area contributed by atoms with Crippen LogP contribution in [-0.4, -0.2) is 17.9 Å². The summed E-state index contributed by atoms with van der Waals surface area (Å²) < 4.78 is 26.5. The van der Waals surface area contributed by atoms with Crippen LogP contribution in [0.4, 0.5) is 8.78 Å². The Hall–Kier alpha value is -1.98. The number of hydrogen-bond acceptors (Lipinski definition) is 2. The summed E-state index contributed by atoms with van der Waals surface area (Å²) in [7, 11) is 0. The average molecular weight is 282 g/mol. The predicted molar refractivity (Wildman–Crippen MR) is 68.8 cm³/mol. The number of hydrogen-bond donors (Lipinski definition) is 2. The lowest BCUT2D eigenvalue weighted by atomic mass is 9.85. The Balaban J connectivity index is 1.96. The van der Waals surface area contributed by atoms with Crippen molar-refractivity contribution in [1.82, 2.24) is 5.32 Å². The lowest BCUT2D eigenvalue weighted by Gasteiger charge is -2.27. The number of carbonyl (C=O) groups excluding carboxylic acids is 2. The van der Waals surface area contributed by atoms with E-state index >= 15 is 0 Å². The monoisotopic (exact) mass is 282 g/mol. The summed E-state index contributed by atoms with van der Waals surface area (Å²) in [6.07, 6.45) is 2.42. The van der Waals surface area contributed by atoms with Gasteiger partial charge in [0, 0.05) is 12.0 Å². The molecule has 1 aromatic rings. The van der Waals surface area contributed by atoms with Crippen LogP contribution in [0.2, 0.25) is 0 Å². The Morgan fingerprint density at radius 3 is 2.40 bits per heavy atom. The van der Waals surface area contributed by atoms with Crippen molar-refractivity contribution in [3.05, 3.63) is 35.4 Å². The van der Waals surface area contributed by atoms with Crippen LogP contribution in [0, 0.1) is 17.6 Å². The minimum Gasteiger partial charge on any atom is -0.369 e. The van der Waals surface area contributed by atoms with Crippen LogP contribution >= 0.6 is 0 Å². The normalized spacial score (nSPS) is 22.3. The van der Waals surface area contributed by atoms with Gasteiger partial charge in [-0.05, 0) is 37.8 Å². The second-order valence-corrected chi connectivity index (χ2v) is 5.03. The summed E-state index contributed by atoms with van der Waals surface area (Å²) >= 11 is 0. The third-order valence-electron chi connectivity index (χ3n) is 3.66. The number of nitrogens with two attached hydrogens (primary N) is 1. The van der Waals surface area contributed by atoms with Crippen LogP contribution < -0.4 is 11.1 Å². The first kappa shape index (κ1) is 14.4. The number of primary amides is 1. The lowest BCUT2D eigenvalue weighted by Crippen LogP contribution is -2.40. The summed E-state index contributed by atoms with van der Waals surface area (Å²) in [4.78, 5) is 22.9. The molecule has 108 valence electrons. The predicted octanol–water partition coefficient (Wildman–Crippen LogP) is 1.74. The number of benzene rings is 1. The van der Waals surface area contributed by atoms with Gasteiger partial charge >= 0.3 is 0 Å². The fourth-order valence-electron chi connectivity index (χ4n) is 2.46. The molecule has 20 heavy (non-hydrogen) atoms. The molecule has 0 heterocycles. The number of nitrogens with one attached hydrogen (secondary N) is 1. The molecule has 0 saturated heterocycles. The molecule has 2 rings (SSSR count). The summed E-state index contributed by atoms with van der Waals surface area (Å²) in [5.74, 6) is -3.31. The van der Waals surface area contributed by atoms with E-state index in [-0.39, 0.29) is 23.4 Å². The first-order valence-electron chi connectivity index (χ1n) is 6.53. The zero-order chi connectivity index (χ0) is 14.7. The number of amides is 2. The molecule has 0 spiro atoms. The Kier molecular flexibility index (Phi) is 4.32. The average Bonchev–Trinajstić information content (AvgIpc) is 2.42. The van der Waals surface area contributed by atoms with Gasteiger partial charge in [0.2, 0.25) is 5.91 Å². The molecule has 1 aromatic carbocycles. The molecule has 1 aliphatic rings. The quantitative estimate of drug-likeness (QED) is 0.886. The van der Waals surface area contributed by atoms with Crippen molar-refractivity contribution in [1.29, 1.82) is 0 Å². The topological polar surface area (TPSA) is 72.2 Å². The third kappa shape index (κ3) is 3.12. The molecule has 0 atom stereocenters. The van der Waals surface area contributed by atoms with E-state index in [9.17, 15) is 18.4 Å². The zero-order valence-corrected chi connectivity index (χ0v) is 10.9.